The maximum Gasteiger partial charge on any atom is 0.272 e. The van der Waals surface area contributed by atoms with Gasteiger partial charge in [0.15, 0.2) is 0 Å². The highest BCUT2D eigenvalue weighted by atomic mass is 35.5. The molecule has 0 aliphatic heterocycles. The molecule has 0 saturated heterocycles. The maximum atomic E-state index is 12.0. The molecule has 0 heterocycles. The van der Waals surface area contributed by atoms with Crippen LogP contribution in [-0.4, -0.2) is 11.6 Å². The molecule has 0 aromatic heterocycles. The minimum Gasteiger partial charge on any atom is -0.267 e. The van der Waals surface area contributed by atoms with Crippen LogP contribution in [0, 0.1) is 0 Å². The van der Waals surface area contributed by atoms with Gasteiger partial charge in [0.25, 0.3) is 5.91 Å². The predicted octanol–water partition coefficient (Wildman–Crippen LogP) is 4.54. The fourth-order valence-corrected chi connectivity index (χ4v) is 2.16. The van der Waals surface area contributed by atoms with E-state index in [4.69, 9.17) is 23.2 Å². The molecule has 0 bridgehead atoms. The van der Waals surface area contributed by atoms with Gasteiger partial charge in [0.1, 0.15) is 0 Å². The number of hydrogen-bond acceptors (Lipinski definition) is 2. The second-order valence-corrected chi connectivity index (χ2v) is 5.18. The lowest BCUT2D eigenvalue weighted by Crippen LogP contribution is -2.20. The third-order valence-electron chi connectivity index (χ3n) is 2.92. The fourth-order valence-electron chi connectivity index (χ4n) is 1.81. The fraction of sp³-hybridized carbons (Fsp3) is 0.125. The smallest absolute Gasteiger partial charge is 0.267 e. The van der Waals surface area contributed by atoms with Crippen molar-refractivity contribution in [2.45, 2.75) is 13.3 Å². The van der Waals surface area contributed by atoms with Gasteiger partial charge >= 0.3 is 0 Å². The standard InChI is InChI=1S/C16H14Cl2N2O/c1-2-15(11-7-9-12(17)10-8-11)19-20-16(21)13-5-3-4-6-14(13)18/h3-10H,2H2,1H3,(H,20,21). The number of halogens is 2. The largest absolute Gasteiger partial charge is 0.272 e. The molecule has 2 aromatic rings. The van der Waals surface area contributed by atoms with Crippen molar-refractivity contribution in [1.82, 2.24) is 5.43 Å². The molecular weight excluding hydrogens is 307 g/mol. The number of carbonyl (C=O) groups is 1. The van der Waals surface area contributed by atoms with Crippen LogP contribution in [0.2, 0.25) is 10.0 Å². The maximum absolute atomic E-state index is 12.0. The average molecular weight is 321 g/mol. The number of nitrogens with zero attached hydrogens (tertiary/aromatic N) is 1. The Bertz CT molecular complexity index is 666. The molecule has 3 nitrogen and oxygen atoms in total. The van der Waals surface area contributed by atoms with Crippen LogP contribution >= 0.6 is 23.2 Å². The van der Waals surface area contributed by atoms with Gasteiger partial charge < -0.3 is 0 Å². The number of hydrogen-bond donors (Lipinski definition) is 1. The highest BCUT2D eigenvalue weighted by Gasteiger charge is 2.09. The third-order valence-corrected chi connectivity index (χ3v) is 3.50. The van der Waals surface area contributed by atoms with Gasteiger partial charge in [-0.25, -0.2) is 5.43 Å². The van der Waals surface area contributed by atoms with Crippen LogP contribution < -0.4 is 5.43 Å². The van der Waals surface area contributed by atoms with E-state index in [0.29, 0.717) is 22.0 Å². The Morgan fingerprint density at radius 2 is 1.76 bits per heavy atom. The van der Waals surface area contributed by atoms with Crippen molar-refractivity contribution in [2.75, 3.05) is 0 Å². The molecule has 1 amide bonds. The molecule has 0 fully saturated rings. The summed E-state index contributed by atoms with van der Waals surface area (Å²) in [5.41, 5.74) is 4.62. The van der Waals surface area contributed by atoms with Gasteiger partial charge in [-0.2, -0.15) is 5.10 Å². The number of nitrogens with one attached hydrogen (secondary N) is 1. The van der Waals surface area contributed by atoms with E-state index in [0.717, 1.165) is 11.3 Å². The zero-order valence-electron chi connectivity index (χ0n) is 11.4. The van der Waals surface area contributed by atoms with E-state index in [1.165, 1.54) is 0 Å². The van der Waals surface area contributed by atoms with Gasteiger partial charge in [-0.15, -0.1) is 0 Å². The number of carbonyl (C=O) groups excluding carboxylic acids is 1. The molecule has 0 saturated carbocycles. The first kappa shape index (κ1) is 15.5. The Labute approximate surface area is 133 Å². The Morgan fingerprint density at radius 3 is 2.38 bits per heavy atom. The van der Waals surface area contributed by atoms with E-state index in [9.17, 15) is 4.79 Å². The normalized spacial score (nSPS) is 11.3. The minimum atomic E-state index is -0.333. The lowest BCUT2D eigenvalue weighted by atomic mass is 10.1. The lowest BCUT2D eigenvalue weighted by Gasteiger charge is -2.06. The SMILES string of the molecule is CCC(=NNC(=O)c1ccccc1Cl)c1ccc(Cl)cc1. The summed E-state index contributed by atoms with van der Waals surface area (Å²) in [6, 6.07) is 14.2. The van der Waals surface area contributed by atoms with Gasteiger partial charge in [0.2, 0.25) is 0 Å². The Kier molecular flexibility index (Phi) is 5.37. The van der Waals surface area contributed by atoms with E-state index >= 15 is 0 Å². The minimum absolute atomic E-state index is 0.333. The molecule has 0 unspecified atom stereocenters. The topological polar surface area (TPSA) is 41.5 Å². The second kappa shape index (κ2) is 7.25. The molecule has 0 atom stereocenters. The van der Waals surface area contributed by atoms with Crippen molar-refractivity contribution in [1.29, 1.82) is 0 Å². The van der Waals surface area contributed by atoms with E-state index in [2.05, 4.69) is 10.5 Å². The van der Waals surface area contributed by atoms with Crippen molar-refractivity contribution in [2.24, 2.45) is 5.10 Å². The van der Waals surface area contributed by atoms with Crippen molar-refractivity contribution >= 4 is 34.8 Å². The summed E-state index contributed by atoms with van der Waals surface area (Å²) in [4.78, 5) is 12.0. The summed E-state index contributed by atoms with van der Waals surface area (Å²) in [5.74, 6) is -0.333. The zero-order valence-corrected chi connectivity index (χ0v) is 12.9. The van der Waals surface area contributed by atoms with Crippen molar-refractivity contribution in [3.8, 4) is 0 Å². The van der Waals surface area contributed by atoms with Gasteiger partial charge in [-0.05, 0) is 36.2 Å². The van der Waals surface area contributed by atoms with Crippen LogP contribution in [-0.2, 0) is 0 Å². The average Bonchev–Trinajstić information content (AvgIpc) is 2.49. The molecule has 0 aliphatic carbocycles. The Balaban J connectivity index is 2.16. The molecule has 2 rings (SSSR count). The van der Waals surface area contributed by atoms with Crippen molar-refractivity contribution in [3.05, 3.63) is 69.7 Å². The third kappa shape index (κ3) is 4.06. The first-order valence-corrected chi connectivity index (χ1v) is 7.24. The first-order chi connectivity index (χ1) is 10.1. The zero-order chi connectivity index (χ0) is 15.2. The van der Waals surface area contributed by atoms with Crippen LogP contribution in [0.1, 0.15) is 29.3 Å². The Hall–Kier alpha value is -1.84. The molecule has 21 heavy (non-hydrogen) atoms. The van der Waals surface area contributed by atoms with Gasteiger partial charge in [-0.1, -0.05) is 54.4 Å². The summed E-state index contributed by atoms with van der Waals surface area (Å²) in [6.45, 7) is 1.97. The summed E-state index contributed by atoms with van der Waals surface area (Å²) >= 11 is 11.8. The van der Waals surface area contributed by atoms with Crippen LogP contribution in [0.5, 0.6) is 0 Å². The van der Waals surface area contributed by atoms with Gasteiger partial charge in [-0.3, -0.25) is 4.79 Å². The van der Waals surface area contributed by atoms with Gasteiger partial charge in [0.05, 0.1) is 16.3 Å². The first-order valence-electron chi connectivity index (χ1n) is 6.49. The lowest BCUT2D eigenvalue weighted by molar-refractivity contribution is 0.0955. The summed E-state index contributed by atoms with van der Waals surface area (Å²) in [7, 11) is 0. The van der Waals surface area contributed by atoms with Crippen LogP contribution in [0.4, 0.5) is 0 Å². The number of amides is 1. The summed E-state index contributed by atoms with van der Waals surface area (Å²) in [5, 5.41) is 5.23. The predicted molar refractivity (Wildman–Crippen MR) is 87.2 cm³/mol. The van der Waals surface area contributed by atoms with Crippen molar-refractivity contribution < 1.29 is 4.79 Å². The highest BCUT2D eigenvalue weighted by molar-refractivity contribution is 6.33. The molecule has 0 aliphatic rings. The summed E-state index contributed by atoms with van der Waals surface area (Å²) in [6.07, 6.45) is 0.685. The highest BCUT2D eigenvalue weighted by Crippen LogP contribution is 2.15. The molecular formula is C16H14Cl2N2O. The summed E-state index contributed by atoms with van der Waals surface area (Å²) < 4.78 is 0. The Morgan fingerprint density at radius 1 is 1.10 bits per heavy atom. The van der Waals surface area contributed by atoms with E-state index < -0.39 is 0 Å². The van der Waals surface area contributed by atoms with Crippen LogP contribution in [0.3, 0.4) is 0 Å². The molecule has 0 spiro atoms. The van der Waals surface area contributed by atoms with Gasteiger partial charge in [0, 0.05) is 5.02 Å². The van der Waals surface area contributed by atoms with E-state index in [1.54, 1.807) is 36.4 Å². The van der Waals surface area contributed by atoms with Crippen molar-refractivity contribution in [3.63, 3.8) is 0 Å². The molecule has 2 aromatic carbocycles. The number of rotatable bonds is 4. The second-order valence-electron chi connectivity index (χ2n) is 4.34. The monoisotopic (exact) mass is 320 g/mol. The molecule has 0 radical (unpaired) electrons. The van der Waals surface area contributed by atoms with Crippen LogP contribution in [0.25, 0.3) is 0 Å². The van der Waals surface area contributed by atoms with E-state index in [-0.39, 0.29) is 5.91 Å². The molecule has 5 heteroatoms. The number of hydrazone groups is 1. The molecule has 108 valence electrons. The van der Waals surface area contributed by atoms with Crippen LogP contribution in [0.15, 0.2) is 53.6 Å². The van der Waals surface area contributed by atoms with E-state index in [1.807, 2.05) is 19.1 Å². The number of benzene rings is 2. The quantitative estimate of drug-likeness (QED) is 0.652. The molecule has 1 N–H and O–H groups in total.